The van der Waals surface area contributed by atoms with Crippen molar-refractivity contribution in [2.24, 2.45) is 0 Å². The summed E-state index contributed by atoms with van der Waals surface area (Å²) < 4.78 is 3.60. The van der Waals surface area contributed by atoms with Gasteiger partial charge >= 0.3 is 0 Å². The maximum absolute atomic E-state index is 5.26. The average molecular weight is 656 g/mol. The SMILES string of the molecule is c1ccc(-c2ccc3c(c2)c2cc(-c4cccc(-c5nc(-c6ccccc6)nc6sc7ccccc7c56)c4)ccc2n3-c2ccccc2)cc1. The smallest absolute Gasteiger partial charge is 0.161 e. The molecule has 0 saturated heterocycles. The molecule has 0 fully saturated rings. The van der Waals surface area contributed by atoms with Gasteiger partial charge in [0, 0.05) is 43.1 Å². The van der Waals surface area contributed by atoms with Crippen molar-refractivity contribution >= 4 is 53.4 Å². The Morgan fingerprint density at radius 2 is 0.960 bits per heavy atom. The van der Waals surface area contributed by atoms with E-state index < -0.39 is 0 Å². The van der Waals surface area contributed by atoms with Crippen molar-refractivity contribution in [3.63, 3.8) is 0 Å². The number of hydrogen-bond donors (Lipinski definition) is 0. The lowest BCUT2D eigenvalue weighted by molar-refractivity contribution is 1.18. The predicted molar refractivity (Wildman–Crippen MR) is 211 cm³/mol. The average Bonchev–Trinajstić information content (AvgIpc) is 3.73. The van der Waals surface area contributed by atoms with E-state index in [1.165, 1.54) is 48.6 Å². The second-order valence-corrected chi connectivity index (χ2v) is 13.7. The third-order valence-corrected chi connectivity index (χ3v) is 10.7. The first-order chi connectivity index (χ1) is 24.8. The molecule has 0 aliphatic rings. The van der Waals surface area contributed by atoms with E-state index in [0.717, 1.165) is 44.1 Å². The van der Waals surface area contributed by atoms with Gasteiger partial charge in [0.05, 0.1) is 16.7 Å². The molecule has 0 atom stereocenters. The van der Waals surface area contributed by atoms with Crippen LogP contribution in [0.3, 0.4) is 0 Å². The highest BCUT2D eigenvalue weighted by molar-refractivity contribution is 7.25. The van der Waals surface area contributed by atoms with E-state index in [0.29, 0.717) is 0 Å². The molecule has 0 bridgehead atoms. The first-order valence-corrected chi connectivity index (χ1v) is 17.6. The van der Waals surface area contributed by atoms with Gasteiger partial charge in [-0.1, -0.05) is 127 Å². The molecule has 10 aromatic rings. The summed E-state index contributed by atoms with van der Waals surface area (Å²) in [5, 5.41) is 4.76. The number of aromatic nitrogens is 3. The Labute approximate surface area is 293 Å². The van der Waals surface area contributed by atoms with Crippen LogP contribution in [0, 0.1) is 0 Å². The third kappa shape index (κ3) is 4.73. The van der Waals surface area contributed by atoms with Crippen molar-refractivity contribution in [3.05, 3.63) is 176 Å². The molecule has 0 amide bonds. The van der Waals surface area contributed by atoms with Crippen LogP contribution in [0.15, 0.2) is 176 Å². The highest BCUT2D eigenvalue weighted by Gasteiger charge is 2.18. The van der Waals surface area contributed by atoms with Crippen molar-refractivity contribution in [2.75, 3.05) is 0 Å². The summed E-state index contributed by atoms with van der Waals surface area (Å²) in [6, 6.07) is 62.7. The minimum absolute atomic E-state index is 0.745. The van der Waals surface area contributed by atoms with Gasteiger partial charge in [0.1, 0.15) is 4.83 Å². The van der Waals surface area contributed by atoms with Gasteiger partial charge in [-0.25, -0.2) is 9.97 Å². The van der Waals surface area contributed by atoms with E-state index in [9.17, 15) is 0 Å². The van der Waals surface area contributed by atoms with Crippen LogP contribution in [0.25, 0.3) is 92.7 Å². The molecule has 0 saturated carbocycles. The molecule has 0 radical (unpaired) electrons. The summed E-state index contributed by atoms with van der Waals surface area (Å²) in [6.45, 7) is 0. The minimum atomic E-state index is 0.745. The molecule has 3 heterocycles. The standard InChI is InChI=1S/C46H29N3S/c1-4-13-30(14-5-1)33-23-25-40-38(28-33)39-29-34(24-26-41(39)49(40)36-19-8-3-9-20-36)32-17-12-18-35(27-32)44-43-37-21-10-11-22-42(37)50-46(43)48-45(47-44)31-15-6-2-7-16-31/h1-29H. The Bertz CT molecular complexity index is 2850. The lowest BCUT2D eigenvalue weighted by Crippen LogP contribution is -1.94. The molecule has 3 aromatic heterocycles. The Kier molecular flexibility index (Phi) is 6.68. The fraction of sp³-hybridized carbons (Fsp3) is 0. The van der Waals surface area contributed by atoms with Crippen molar-refractivity contribution in [2.45, 2.75) is 0 Å². The van der Waals surface area contributed by atoms with Gasteiger partial charge in [-0.05, 0) is 70.8 Å². The predicted octanol–water partition coefficient (Wildman–Crippen LogP) is 12.6. The molecule has 4 heteroatoms. The van der Waals surface area contributed by atoms with Gasteiger partial charge in [-0.15, -0.1) is 11.3 Å². The topological polar surface area (TPSA) is 30.7 Å². The van der Waals surface area contributed by atoms with Crippen molar-refractivity contribution in [1.29, 1.82) is 0 Å². The lowest BCUT2D eigenvalue weighted by atomic mass is 9.97. The molecule has 0 unspecified atom stereocenters. The Hall–Kier alpha value is -6.36. The quantitative estimate of drug-likeness (QED) is 0.185. The van der Waals surface area contributed by atoms with Crippen LogP contribution in [0.4, 0.5) is 0 Å². The number of para-hydroxylation sites is 1. The maximum atomic E-state index is 5.26. The molecule has 7 aromatic carbocycles. The van der Waals surface area contributed by atoms with E-state index in [-0.39, 0.29) is 0 Å². The summed E-state index contributed by atoms with van der Waals surface area (Å²) in [7, 11) is 0. The summed E-state index contributed by atoms with van der Waals surface area (Å²) in [6.07, 6.45) is 0. The summed E-state index contributed by atoms with van der Waals surface area (Å²) in [4.78, 5) is 11.3. The first-order valence-electron chi connectivity index (χ1n) is 16.8. The maximum Gasteiger partial charge on any atom is 0.161 e. The summed E-state index contributed by atoms with van der Waals surface area (Å²) in [5.41, 5.74) is 11.3. The molecule has 0 aliphatic heterocycles. The normalized spacial score (nSPS) is 11.6. The number of hydrogen-bond acceptors (Lipinski definition) is 3. The Balaban J connectivity index is 1.18. The van der Waals surface area contributed by atoms with Gasteiger partial charge in [-0.2, -0.15) is 0 Å². The Morgan fingerprint density at radius 1 is 0.400 bits per heavy atom. The van der Waals surface area contributed by atoms with E-state index in [4.69, 9.17) is 9.97 Å². The van der Waals surface area contributed by atoms with Crippen LogP contribution in [-0.2, 0) is 0 Å². The fourth-order valence-corrected chi connectivity index (χ4v) is 8.34. The second-order valence-electron chi connectivity index (χ2n) is 12.6. The van der Waals surface area contributed by atoms with Gasteiger partial charge in [-0.3, -0.25) is 0 Å². The van der Waals surface area contributed by atoms with Gasteiger partial charge in [0.15, 0.2) is 5.82 Å². The zero-order chi connectivity index (χ0) is 33.0. The number of benzene rings is 7. The van der Waals surface area contributed by atoms with Crippen LogP contribution in [0.2, 0.25) is 0 Å². The lowest BCUT2D eigenvalue weighted by Gasteiger charge is -2.10. The minimum Gasteiger partial charge on any atom is -0.309 e. The number of rotatable bonds is 5. The van der Waals surface area contributed by atoms with Crippen molar-refractivity contribution in [1.82, 2.24) is 14.5 Å². The van der Waals surface area contributed by atoms with Crippen molar-refractivity contribution in [3.8, 4) is 50.6 Å². The largest absolute Gasteiger partial charge is 0.309 e. The molecule has 10 rings (SSSR count). The number of nitrogens with zero attached hydrogens (tertiary/aromatic N) is 3. The van der Waals surface area contributed by atoms with Crippen LogP contribution in [0.1, 0.15) is 0 Å². The van der Waals surface area contributed by atoms with Gasteiger partial charge < -0.3 is 4.57 Å². The molecule has 234 valence electrons. The first kappa shape index (κ1) is 28.6. The Morgan fingerprint density at radius 3 is 1.68 bits per heavy atom. The van der Waals surface area contributed by atoms with Crippen LogP contribution >= 0.6 is 11.3 Å². The van der Waals surface area contributed by atoms with Gasteiger partial charge in [0.25, 0.3) is 0 Å². The summed E-state index contributed by atoms with van der Waals surface area (Å²) >= 11 is 1.73. The van der Waals surface area contributed by atoms with E-state index in [1.807, 2.05) is 18.2 Å². The zero-order valence-corrected chi connectivity index (χ0v) is 27.8. The molecular weight excluding hydrogens is 627 g/mol. The van der Waals surface area contributed by atoms with Crippen molar-refractivity contribution < 1.29 is 0 Å². The molecule has 0 aliphatic carbocycles. The summed E-state index contributed by atoms with van der Waals surface area (Å²) in [5.74, 6) is 0.745. The molecule has 50 heavy (non-hydrogen) atoms. The van der Waals surface area contributed by atoms with Crippen LogP contribution < -0.4 is 0 Å². The second kappa shape index (κ2) is 11.7. The van der Waals surface area contributed by atoms with Crippen LogP contribution in [0.5, 0.6) is 0 Å². The highest BCUT2D eigenvalue weighted by atomic mass is 32.1. The van der Waals surface area contributed by atoms with Gasteiger partial charge in [0.2, 0.25) is 0 Å². The fourth-order valence-electron chi connectivity index (χ4n) is 7.26. The van der Waals surface area contributed by atoms with E-state index in [2.05, 4.69) is 162 Å². The van der Waals surface area contributed by atoms with E-state index in [1.54, 1.807) is 11.3 Å². The molecular formula is C46H29N3S. The third-order valence-electron chi connectivity index (χ3n) is 9.63. The number of thiophene rings is 1. The van der Waals surface area contributed by atoms with E-state index >= 15 is 0 Å². The monoisotopic (exact) mass is 655 g/mol. The molecule has 3 nitrogen and oxygen atoms in total. The zero-order valence-electron chi connectivity index (χ0n) is 27.0. The number of fused-ring (bicyclic) bond motifs is 6. The molecule has 0 N–H and O–H groups in total. The molecule has 0 spiro atoms. The van der Waals surface area contributed by atoms with Crippen LogP contribution in [-0.4, -0.2) is 14.5 Å². The highest BCUT2D eigenvalue weighted by Crippen LogP contribution is 2.41.